The number of halogens is 1. The lowest BCUT2D eigenvalue weighted by Crippen LogP contribution is -2.52. The zero-order valence-electron chi connectivity index (χ0n) is 17.4. The largest absolute Gasteiger partial charge is 0.343 e. The van der Waals surface area contributed by atoms with Crippen LogP contribution < -0.4 is 5.32 Å². The number of hydrogen-bond donors (Lipinski definition) is 1. The SMILES string of the molecule is O=C(/C=C/c1ccc([N+](=O)[O-])cc1)NCC(=O)N1CCN(S(=O)(=O)c2ccc(Cl)cc2)CC1. The molecule has 174 valence electrons. The van der Waals surface area contributed by atoms with E-state index in [-0.39, 0.29) is 49.2 Å². The normalized spacial score (nSPS) is 14.9. The summed E-state index contributed by atoms with van der Waals surface area (Å²) in [5.74, 6) is -0.818. The lowest BCUT2D eigenvalue weighted by atomic mass is 10.2. The van der Waals surface area contributed by atoms with Crippen molar-refractivity contribution in [3.05, 3.63) is 75.3 Å². The van der Waals surface area contributed by atoms with Crippen LogP contribution in [0.1, 0.15) is 5.56 Å². The molecule has 33 heavy (non-hydrogen) atoms. The van der Waals surface area contributed by atoms with Crippen LogP contribution in [0.15, 0.2) is 59.5 Å². The van der Waals surface area contributed by atoms with E-state index in [2.05, 4.69) is 5.32 Å². The molecule has 12 heteroatoms. The summed E-state index contributed by atoms with van der Waals surface area (Å²) in [6, 6.07) is 11.6. The third-order valence-electron chi connectivity index (χ3n) is 4.99. The minimum Gasteiger partial charge on any atom is -0.343 e. The quantitative estimate of drug-likeness (QED) is 0.357. The number of nitro benzene ring substituents is 1. The molecule has 0 unspecified atom stereocenters. The minimum atomic E-state index is -3.67. The lowest BCUT2D eigenvalue weighted by molar-refractivity contribution is -0.384. The maximum absolute atomic E-state index is 12.7. The van der Waals surface area contributed by atoms with Crippen molar-refractivity contribution in [2.45, 2.75) is 4.90 Å². The number of nitrogens with one attached hydrogen (secondary N) is 1. The number of carbonyl (C=O) groups is 2. The smallest absolute Gasteiger partial charge is 0.269 e. The molecule has 2 aromatic carbocycles. The number of rotatable bonds is 7. The van der Waals surface area contributed by atoms with Crippen molar-refractivity contribution in [3.8, 4) is 0 Å². The van der Waals surface area contributed by atoms with Gasteiger partial charge in [-0.1, -0.05) is 11.6 Å². The molecule has 0 saturated carbocycles. The summed E-state index contributed by atoms with van der Waals surface area (Å²) in [5, 5.41) is 13.6. The predicted octanol–water partition coefficient (Wildman–Crippen LogP) is 1.91. The van der Waals surface area contributed by atoms with Gasteiger partial charge in [0.05, 0.1) is 16.4 Å². The molecule has 0 spiro atoms. The van der Waals surface area contributed by atoms with Gasteiger partial charge >= 0.3 is 0 Å². The maximum Gasteiger partial charge on any atom is 0.269 e. The Morgan fingerprint density at radius 2 is 1.64 bits per heavy atom. The van der Waals surface area contributed by atoms with Crippen LogP contribution in [0.3, 0.4) is 0 Å². The maximum atomic E-state index is 12.7. The second-order valence-corrected chi connectivity index (χ2v) is 9.51. The molecule has 0 bridgehead atoms. The molecule has 2 aromatic rings. The van der Waals surface area contributed by atoms with Crippen molar-refractivity contribution in [2.75, 3.05) is 32.7 Å². The second-order valence-electron chi connectivity index (χ2n) is 7.14. The first kappa shape index (κ1) is 24.4. The molecule has 1 aliphatic heterocycles. The molecule has 1 N–H and O–H groups in total. The van der Waals surface area contributed by atoms with Gasteiger partial charge in [-0.3, -0.25) is 19.7 Å². The van der Waals surface area contributed by atoms with Crippen LogP contribution in [0.4, 0.5) is 5.69 Å². The fourth-order valence-electron chi connectivity index (χ4n) is 3.15. The van der Waals surface area contributed by atoms with E-state index in [1.54, 1.807) is 0 Å². The van der Waals surface area contributed by atoms with Crippen LogP contribution in [0, 0.1) is 10.1 Å². The number of nitrogens with zero attached hydrogens (tertiary/aromatic N) is 3. The summed E-state index contributed by atoms with van der Waals surface area (Å²) in [6.07, 6.45) is 2.70. The third kappa shape index (κ3) is 6.37. The molecule has 0 atom stereocenters. The van der Waals surface area contributed by atoms with Crippen LogP contribution in [0.25, 0.3) is 6.08 Å². The molecular formula is C21H21ClN4O6S. The van der Waals surface area contributed by atoms with E-state index >= 15 is 0 Å². The van der Waals surface area contributed by atoms with Gasteiger partial charge in [-0.05, 0) is 48.0 Å². The Kier molecular flexibility index (Phi) is 7.79. The van der Waals surface area contributed by atoms with Gasteiger partial charge in [-0.2, -0.15) is 4.31 Å². The first-order valence-corrected chi connectivity index (χ1v) is 11.7. The van der Waals surface area contributed by atoms with E-state index in [4.69, 9.17) is 11.6 Å². The monoisotopic (exact) mass is 492 g/mol. The van der Waals surface area contributed by atoms with Crippen LogP contribution in [-0.2, 0) is 19.6 Å². The highest BCUT2D eigenvalue weighted by Crippen LogP contribution is 2.20. The van der Waals surface area contributed by atoms with E-state index in [9.17, 15) is 28.1 Å². The molecule has 0 aromatic heterocycles. The number of carbonyl (C=O) groups excluding carboxylic acids is 2. The zero-order chi connectivity index (χ0) is 24.0. The van der Waals surface area contributed by atoms with Crippen LogP contribution in [-0.4, -0.2) is 67.1 Å². The van der Waals surface area contributed by atoms with E-state index in [1.165, 1.54) is 69.9 Å². The lowest BCUT2D eigenvalue weighted by Gasteiger charge is -2.34. The number of sulfonamides is 1. The number of non-ortho nitro benzene ring substituents is 1. The van der Waals surface area contributed by atoms with Crippen molar-refractivity contribution in [2.24, 2.45) is 0 Å². The Morgan fingerprint density at radius 3 is 2.21 bits per heavy atom. The molecule has 2 amide bonds. The van der Waals surface area contributed by atoms with Gasteiger partial charge in [0.15, 0.2) is 0 Å². The summed E-state index contributed by atoms with van der Waals surface area (Å²) < 4.78 is 26.7. The van der Waals surface area contributed by atoms with E-state index in [0.717, 1.165) is 0 Å². The first-order valence-electron chi connectivity index (χ1n) is 9.91. The Morgan fingerprint density at radius 1 is 1.03 bits per heavy atom. The topological polar surface area (TPSA) is 130 Å². The van der Waals surface area contributed by atoms with Crippen molar-refractivity contribution >= 4 is 45.2 Å². The van der Waals surface area contributed by atoms with E-state index < -0.39 is 20.9 Å². The molecule has 0 radical (unpaired) electrons. The number of nitro groups is 1. The van der Waals surface area contributed by atoms with Crippen molar-refractivity contribution in [1.29, 1.82) is 0 Å². The molecule has 1 saturated heterocycles. The van der Waals surface area contributed by atoms with Gasteiger partial charge < -0.3 is 10.2 Å². The fraction of sp³-hybridized carbons (Fsp3) is 0.238. The molecular weight excluding hydrogens is 472 g/mol. The summed E-state index contributed by atoms with van der Waals surface area (Å²) in [5.41, 5.74) is 0.545. The Labute approximate surface area is 195 Å². The summed E-state index contributed by atoms with van der Waals surface area (Å²) in [6.45, 7) is 0.475. The molecule has 10 nitrogen and oxygen atoms in total. The highest BCUT2D eigenvalue weighted by atomic mass is 35.5. The number of benzene rings is 2. The van der Waals surface area contributed by atoms with Crippen molar-refractivity contribution in [3.63, 3.8) is 0 Å². The van der Waals surface area contributed by atoms with Gasteiger partial charge in [-0.15, -0.1) is 0 Å². The number of hydrogen-bond acceptors (Lipinski definition) is 6. The van der Waals surface area contributed by atoms with Crippen LogP contribution >= 0.6 is 11.6 Å². The molecule has 3 rings (SSSR count). The first-order chi connectivity index (χ1) is 15.7. The number of piperazine rings is 1. The predicted molar refractivity (Wildman–Crippen MR) is 122 cm³/mol. The molecule has 1 aliphatic rings. The Bertz CT molecular complexity index is 1160. The average molecular weight is 493 g/mol. The molecule has 1 heterocycles. The van der Waals surface area contributed by atoms with Gasteiger partial charge in [-0.25, -0.2) is 8.42 Å². The Balaban J connectivity index is 1.46. The molecule has 1 fully saturated rings. The number of amides is 2. The van der Waals surface area contributed by atoms with Gasteiger partial charge in [0.25, 0.3) is 5.69 Å². The summed E-state index contributed by atoms with van der Waals surface area (Å²) in [7, 11) is -3.67. The summed E-state index contributed by atoms with van der Waals surface area (Å²) >= 11 is 5.81. The summed E-state index contributed by atoms with van der Waals surface area (Å²) in [4.78, 5) is 36.1. The van der Waals surface area contributed by atoms with E-state index in [0.29, 0.717) is 10.6 Å². The van der Waals surface area contributed by atoms with Crippen molar-refractivity contribution in [1.82, 2.24) is 14.5 Å². The van der Waals surface area contributed by atoms with Gasteiger partial charge in [0.1, 0.15) is 0 Å². The third-order valence-corrected chi connectivity index (χ3v) is 7.15. The van der Waals surface area contributed by atoms with Crippen LogP contribution in [0.5, 0.6) is 0 Å². The zero-order valence-corrected chi connectivity index (χ0v) is 19.0. The molecule has 0 aliphatic carbocycles. The van der Waals surface area contributed by atoms with Gasteiger partial charge in [0, 0.05) is 49.4 Å². The second kappa shape index (κ2) is 10.6. The Hall–Kier alpha value is -3.28. The van der Waals surface area contributed by atoms with E-state index in [1.807, 2.05) is 0 Å². The fourth-order valence-corrected chi connectivity index (χ4v) is 4.69. The highest BCUT2D eigenvalue weighted by Gasteiger charge is 2.30. The average Bonchev–Trinajstić information content (AvgIpc) is 2.81. The van der Waals surface area contributed by atoms with Crippen LogP contribution in [0.2, 0.25) is 5.02 Å². The standard InChI is InChI=1S/C21H21ClN4O6S/c22-17-4-8-19(9-5-17)33(31,32)25-13-11-24(12-14-25)21(28)15-23-20(27)10-3-16-1-6-18(7-2-16)26(29)30/h1-10H,11-15H2,(H,23,27)/b10-3+. The van der Waals surface area contributed by atoms with Gasteiger partial charge in [0.2, 0.25) is 21.8 Å². The van der Waals surface area contributed by atoms with Crippen molar-refractivity contribution < 1.29 is 22.9 Å². The minimum absolute atomic E-state index is 0.0525. The highest BCUT2D eigenvalue weighted by molar-refractivity contribution is 7.89.